The highest BCUT2D eigenvalue weighted by molar-refractivity contribution is 8.03. The predicted octanol–water partition coefficient (Wildman–Crippen LogP) is 2.97. The SMILES string of the molecule is C[C@@H](O)[C@H]1C(=O)N2C(C(=O)OCc3ccc([N+](=O)[O-])cc3)=C(SC3CCCCO3)[C@H](C)[C@H]12. The number of thioether (sulfide) groups is 1. The van der Waals surface area contributed by atoms with Gasteiger partial charge in [-0.05, 0) is 43.9 Å². The van der Waals surface area contributed by atoms with Crippen LogP contribution in [0.5, 0.6) is 0 Å². The molecule has 1 unspecified atom stereocenters. The van der Waals surface area contributed by atoms with Gasteiger partial charge in [0.15, 0.2) is 0 Å². The molecule has 172 valence electrons. The molecule has 1 amide bonds. The summed E-state index contributed by atoms with van der Waals surface area (Å²) in [6.07, 6.45) is 2.11. The minimum atomic E-state index is -0.807. The van der Waals surface area contributed by atoms with E-state index in [0.717, 1.165) is 24.2 Å². The Kier molecular flexibility index (Phi) is 6.55. The zero-order chi connectivity index (χ0) is 23.0. The van der Waals surface area contributed by atoms with Crippen molar-refractivity contribution in [1.29, 1.82) is 0 Å². The molecule has 3 aliphatic heterocycles. The maximum atomic E-state index is 13.1. The molecule has 0 saturated carbocycles. The molecule has 1 aromatic carbocycles. The Balaban J connectivity index is 1.54. The van der Waals surface area contributed by atoms with Crippen molar-refractivity contribution in [2.24, 2.45) is 11.8 Å². The molecule has 0 aromatic heterocycles. The normalized spacial score (nSPS) is 28.2. The van der Waals surface area contributed by atoms with Gasteiger partial charge in [0.05, 0.1) is 23.0 Å². The molecule has 32 heavy (non-hydrogen) atoms. The van der Waals surface area contributed by atoms with E-state index in [-0.39, 0.29) is 41.3 Å². The van der Waals surface area contributed by atoms with Gasteiger partial charge < -0.3 is 19.5 Å². The third-order valence-electron chi connectivity index (χ3n) is 6.22. The highest BCUT2D eigenvalue weighted by atomic mass is 32.2. The third-order valence-corrected chi connectivity index (χ3v) is 7.67. The zero-order valence-corrected chi connectivity index (χ0v) is 18.7. The van der Waals surface area contributed by atoms with Crippen molar-refractivity contribution in [2.75, 3.05) is 6.61 Å². The van der Waals surface area contributed by atoms with Crippen LogP contribution in [-0.4, -0.2) is 51.0 Å². The van der Waals surface area contributed by atoms with E-state index in [2.05, 4.69) is 0 Å². The molecule has 3 aliphatic rings. The first kappa shape index (κ1) is 22.8. The lowest BCUT2D eigenvalue weighted by Crippen LogP contribution is -2.63. The maximum absolute atomic E-state index is 13.1. The van der Waals surface area contributed by atoms with Crippen LogP contribution >= 0.6 is 11.8 Å². The number of benzene rings is 1. The van der Waals surface area contributed by atoms with E-state index in [0.29, 0.717) is 12.2 Å². The van der Waals surface area contributed by atoms with Gasteiger partial charge in [0, 0.05) is 29.6 Å². The number of aliphatic hydroxyl groups is 1. The molecule has 2 fully saturated rings. The first-order valence-electron chi connectivity index (χ1n) is 10.7. The first-order chi connectivity index (χ1) is 15.3. The number of hydrogen-bond donors (Lipinski definition) is 1. The van der Waals surface area contributed by atoms with Crippen molar-refractivity contribution in [3.05, 3.63) is 50.5 Å². The second-order valence-electron chi connectivity index (χ2n) is 8.38. The minimum Gasteiger partial charge on any atom is -0.456 e. The lowest BCUT2D eigenvalue weighted by molar-refractivity contribution is -0.384. The lowest BCUT2D eigenvalue weighted by Gasteiger charge is -2.46. The Morgan fingerprint density at radius 2 is 2.09 bits per heavy atom. The average molecular weight is 463 g/mol. The topological polar surface area (TPSA) is 119 Å². The van der Waals surface area contributed by atoms with Gasteiger partial charge in [0.1, 0.15) is 17.7 Å². The Bertz CT molecular complexity index is 940. The fourth-order valence-electron chi connectivity index (χ4n) is 4.55. The summed E-state index contributed by atoms with van der Waals surface area (Å²) < 4.78 is 11.3. The fraction of sp³-hybridized carbons (Fsp3) is 0.545. The molecular weight excluding hydrogens is 436 g/mol. The number of esters is 1. The molecule has 9 nitrogen and oxygen atoms in total. The van der Waals surface area contributed by atoms with Crippen LogP contribution in [0.4, 0.5) is 5.69 Å². The summed E-state index contributed by atoms with van der Waals surface area (Å²) in [5.41, 5.74) is 0.702. The number of rotatable bonds is 7. The van der Waals surface area contributed by atoms with Gasteiger partial charge in [-0.1, -0.05) is 18.7 Å². The highest BCUT2D eigenvalue weighted by Gasteiger charge is 2.60. The summed E-state index contributed by atoms with van der Waals surface area (Å²) in [5.74, 6) is -1.56. The van der Waals surface area contributed by atoms with E-state index in [4.69, 9.17) is 9.47 Å². The van der Waals surface area contributed by atoms with E-state index in [1.807, 2.05) is 6.92 Å². The number of nitrogens with zero attached hydrogens (tertiary/aromatic N) is 2. The van der Waals surface area contributed by atoms with Crippen LogP contribution in [-0.2, 0) is 25.7 Å². The molecular formula is C22H26N2O7S. The van der Waals surface area contributed by atoms with Crippen molar-refractivity contribution in [3.8, 4) is 0 Å². The quantitative estimate of drug-likeness (QED) is 0.284. The number of aliphatic hydroxyl groups excluding tert-OH is 1. The van der Waals surface area contributed by atoms with Gasteiger partial charge in [0.25, 0.3) is 5.69 Å². The summed E-state index contributed by atoms with van der Waals surface area (Å²) in [5, 5.41) is 20.9. The van der Waals surface area contributed by atoms with Crippen LogP contribution in [0.1, 0.15) is 38.7 Å². The third kappa shape index (κ3) is 4.14. The van der Waals surface area contributed by atoms with Gasteiger partial charge >= 0.3 is 5.97 Å². The van der Waals surface area contributed by atoms with E-state index in [9.17, 15) is 24.8 Å². The molecule has 4 rings (SSSR count). The van der Waals surface area contributed by atoms with Gasteiger partial charge in [-0.15, -0.1) is 0 Å². The number of carbonyl (C=O) groups excluding carboxylic acids is 2. The van der Waals surface area contributed by atoms with Crippen molar-refractivity contribution in [2.45, 2.75) is 57.3 Å². The second kappa shape index (κ2) is 9.21. The summed E-state index contributed by atoms with van der Waals surface area (Å²) in [6, 6.07) is 5.48. The van der Waals surface area contributed by atoms with Crippen LogP contribution in [0, 0.1) is 22.0 Å². The summed E-state index contributed by atoms with van der Waals surface area (Å²) in [4.78, 5) is 38.4. The molecule has 0 aliphatic carbocycles. The maximum Gasteiger partial charge on any atom is 0.356 e. The van der Waals surface area contributed by atoms with Crippen molar-refractivity contribution < 1.29 is 29.1 Å². The van der Waals surface area contributed by atoms with E-state index >= 15 is 0 Å². The van der Waals surface area contributed by atoms with Gasteiger partial charge in [-0.2, -0.15) is 0 Å². The van der Waals surface area contributed by atoms with Crippen molar-refractivity contribution >= 4 is 29.3 Å². The standard InChI is InChI=1S/C22H26N2O7S/c1-12-18-17(13(2)25)21(26)23(18)19(20(12)32-16-5-3-4-10-30-16)22(27)31-11-14-6-8-15(9-7-14)24(28)29/h6-9,12-13,16-18,25H,3-5,10-11H2,1-2H3/t12-,13-,16?,17-,18-/m1/s1. The molecule has 2 saturated heterocycles. The van der Waals surface area contributed by atoms with Crippen LogP contribution in [0.2, 0.25) is 0 Å². The predicted molar refractivity (Wildman–Crippen MR) is 116 cm³/mol. The van der Waals surface area contributed by atoms with Crippen molar-refractivity contribution in [1.82, 2.24) is 4.90 Å². The molecule has 1 N–H and O–H groups in total. The Hall–Kier alpha value is -2.43. The monoisotopic (exact) mass is 462 g/mol. The van der Waals surface area contributed by atoms with E-state index in [1.54, 1.807) is 6.92 Å². The summed E-state index contributed by atoms with van der Waals surface area (Å²) in [7, 11) is 0. The number of ether oxygens (including phenoxy) is 2. The highest BCUT2D eigenvalue weighted by Crippen LogP contribution is 2.52. The smallest absolute Gasteiger partial charge is 0.356 e. The Morgan fingerprint density at radius 1 is 1.38 bits per heavy atom. The number of hydrogen-bond acceptors (Lipinski definition) is 8. The fourth-order valence-corrected chi connectivity index (χ4v) is 5.93. The first-order valence-corrected chi connectivity index (χ1v) is 11.6. The number of nitro benzene ring substituents is 1. The Labute approximate surface area is 189 Å². The van der Waals surface area contributed by atoms with Gasteiger partial charge in [-0.25, -0.2) is 4.79 Å². The molecule has 0 spiro atoms. The lowest BCUT2D eigenvalue weighted by atomic mass is 9.79. The Morgan fingerprint density at radius 3 is 2.69 bits per heavy atom. The average Bonchev–Trinajstić information content (AvgIpc) is 3.01. The van der Waals surface area contributed by atoms with Crippen LogP contribution in [0.3, 0.4) is 0 Å². The van der Waals surface area contributed by atoms with Crippen LogP contribution < -0.4 is 0 Å². The number of nitro groups is 1. The van der Waals surface area contributed by atoms with E-state index in [1.165, 1.54) is 40.9 Å². The second-order valence-corrected chi connectivity index (χ2v) is 9.58. The number of carbonyl (C=O) groups is 2. The molecule has 5 atom stereocenters. The van der Waals surface area contributed by atoms with E-state index < -0.39 is 22.9 Å². The zero-order valence-electron chi connectivity index (χ0n) is 17.9. The summed E-state index contributed by atoms with van der Waals surface area (Å²) >= 11 is 1.47. The van der Waals surface area contributed by atoms with Gasteiger partial charge in [0.2, 0.25) is 5.91 Å². The largest absolute Gasteiger partial charge is 0.456 e. The molecule has 0 bridgehead atoms. The molecule has 1 aromatic rings. The molecule has 0 radical (unpaired) electrons. The number of fused-ring (bicyclic) bond motifs is 1. The van der Waals surface area contributed by atoms with Crippen molar-refractivity contribution in [3.63, 3.8) is 0 Å². The minimum absolute atomic E-state index is 0.0447. The van der Waals surface area contributed by atoms with Crippen LogP contribution in [0.15, 0.2) is 34.9 Å². The molecule has 10 heteroatoms. The summed E-state index contributed by atoms with van der Waals surface area (Å²) in [6.45, 7) is 4.15. The number of β-lactam (4-membered cyclic amide) rings is 1. The number of amides is 1. The van der Waals surface area contributed by atoms with Crippen LogP contribution in [0.25, 0.3) is 0 Å². The molecule has 3 heterocycles. The number of non-ortho nitro benzene ring substituents is 1. The van der Waals surface area contributed by atoms with Gasteiger partial charge in [-0.3, -0.25) is 14.9 Å².